The number of imidazole rings is 1. The van der Waals surface area contributed by atoms with E-state index in [9.17, 15) is 13.2 Å². The Balaban J connectivity index is 1.29. The maximum Gasteiger partial charge on any atom is 0.272 e. The standard InChI is InChI=1S/C18H23N5O4S/c1-22-12-19-11-16(22)18(24)23-8-6-14(7-9-23)27-17-5-2-13(10-20-17)21-28(25,26)15-3-4-15/h2,5,10-12,14-15,21H,3-4,6-9H2,1H3. The van der Waals surface area contributed by atoms with Crippen molar-refractivity contribution >= 4 is 21.6 Å². The molecule has 1 aliphatic carbocycles. The summed E-state index contributed by atoms with van der Waals surface area (Å²) < 4.78 is 34.1. The second kappa shape index (κ2) is 7.42. The third kappa shape index (κ3) is 4.11. The SMILES string of the molecule is Cn1cncc1C(=O)N1CCC(Oc2ccc(NS(=O)(=O)C3CC3)cn2)CC1. The molecule has 1 N–H and O–H groups in total. The van der Waals surface area contributed by atoms with Gasteiger partial charge in [0, 0.05) is 39.0 Å². The smallest absolute Gasteiger partial charge is 0.272 e. The van der Waals surface area contributed by atoms with Gasteiger partial charge in [-0.2, -0.15) is 0 Å². The molecule has 2 aromatic rings. The summed E-state index contributed by atoms with van der Waals surface area (Å²) in [5, 5.41) is -0.275. The van der Waals surface area contributed by atoms with Gasteiger partial charge in [-0.1, -0.05) is 0 Å². The number of sulfonamides is 1. The number of rotatable bonds is 6. The molecule has 1 aliphatic heterocycles. The Morgan fingerprint density at radius 1 is 1.18 bits per heavy atom. The molecule has 0 radical (unpaired) electrons. The first kappa shape index (κ1) is 18.7. The van der Waals surface area contributed by atoms with Gasteiger partial charge in [0.15, 0.2) is 0 Å². The van der Waals surface area contributed by atoms with Crippen LogP contribution in [0.15, 0.2) is 30.9 Å². The number of hydrogen-bond donors (Lipinski definition) is 1. The van der Waals surface area contributed by atoms with Gasteiger partial charge in [-0.3, -0.25) is 9.52 Å². The molecule has 0 aromatic carbocycles. The minimum Gasteiger partial charge on any atom is -0.474 e. The lowest BCUT2D eigenvalue weighted by molar-refractivity contribution is 0.0579. The highest BCUT2D eigenvalue weighted by Gasteiger charge is 2.35. The normalized spacial score (nSPS) is 18.1. The molecular formula is C18H23N5O4S. The molecular weight excluding hydrogens is 382 g/mol. The molecule has 150 valence electrons. The van der Waals surface area contributed by atoms with Crippen molar-refractivity contribution in [2.45, 2.75) is 37.0 Å². The number of carbonyl (C=O) groups excluding carboxylic acids is 1. The van der Waals surface area contributed by atoms with E-state index in [0.29, 0.717) is 56.0 Å². The van der Waals surface area contributed by atoms with Gasteiger partial charge in [0.25, 0.3) is 5.91 Å². The number of hydrogen-bond acceptors (Lipinski definition) is 6. The number of amides is 1. The predicted molar refractivity (Wildman–Crippen MR) is 103 cm³/mol. The number of aryl methyl sites for hydroxylation is 1. The van der Waals surface area contributed by atoms with E-state index < -0.39 is 10.0 Å². The van der Waals surface area contributed by atoms with Crippen molar-refractivity contribution in [3.8, 4) is 5.88 Å². The highest BCUT2D eigenvalue weighted by atomic mass is 32.2. The maximum atomic E-state index is 12.5. The Hall–Kier alpha value is -2.62. The molecule has 0 atom stereocenters. The van der Waals surface area contributed by atoms with E-state index in [2.05, 4.69) is 14.7 Å². The number of anilines is 1. The van der Waals surface area contributed by atoms with Gasteiger partial charge >= 0.3 is 0 Å². The van der Waals surface area contributed by atoms with Crippen LogP contribution >= 0.6 is 0 Å². The molecule has 1 saturated carbocycles. The summed E-state index contributed by atoms with van der Waals surface area (Å²) >= 11 is 0. The lowest BCUT2D eigenvalue weighted by atomic mass is 10.1. The second-order valence-corrected chi connectivity index (χ2v) is 9.19. The maximum absolute atomic E-state index is 12.5. The number of carbonyl (C=O) groups is 1. The van der Waals surface area contributed by atoms with Crippen LogP contribution in [0, 0.1) is 0 Å². The van der Waals surface area contributed by atoms with Gasteiger partial charge in [0.1, 0.15) is 11.8 Å². The van der Waals surface area contributed by atoms with Gasteiger partial charge < -0.3 is 14.2 Å². The van der Waals surface area contributed by atoms with Gasteiger partial charge in [-0.05, 0) is 18.9 Å². The molecule has 0 bridgehead atoms. The Morgan fingerprint density at radius 3 is 2.50 bits per heavy atom. The molecule has 1 saturated heterocycles. The van der Waals surface area contributed by atoms with Crippen LogP contribution < -0.4 is 9.46 Å². The minimum absolute atomic E-state index is 0.0242. The summed E-state index contributed by atoms with van der Waals surface area (Å²) in [7, 11) is -1.49. The molecule has 9 nitrogen and oxygen atoms in total. The van der Waals surface area contributed by atoms with Crippen molar-refractivity contribution in [2.24, 2.45) is 7.05 Å². The summed E-state index contributed by atoms with van der Waals surface area (Å²) in [4.78, 5) is 22.5. The second-order valence-electron chi connectivity index (χ2n) is 7.23. The number of ether oxygens (including phenoxy) is 1. The zero-order valence-corrected chi connectivity index (χ0v) is 16.4. The van der Waals surface area contributed by atoms with E-state index in [4.69, 9.17) is 4.74 Å². The molecule has 10 heteroatoms. The predicted octanol–water partition coefficient (Wildman–Crippen LogP) is 1.40. The lowest BCUT2D eigenvalue weighted by Crippen LogP contribution is -2.42. The van der Waals surface area contributed by atoms with Crippen molar-refractivity contribution in [1.29, 1.82) is 0 Å². The van der Waals surface area contributed by atoms with Crippen molar-refractivity contribution in [3.63, 3.8) is 0 Å². The average molecular weight is 405 g/mol. The number of nitrogens with zero attached hydrogens (tertiary/aromatic N) is 4. The van der Waals surface area contributed by atoms with Crippen molar-refractivity contribution in [1.82, 2.24) is 19.4 Å². The largest absolute Gasteiger partial charge is 0.474 e. The molecule has 0 spiro atoms. The fourth-order valence-electron chi connectivity index (χ4n) is 3.21. The Labute approximate surface area is 163 Å². The zero-order valence-electron chi connectivity index (χ0n) is 15.6. The van der Waals surface area contributed by atoms with E-state index in [1.807, 2.05) is 0 Å². The number of likely N-dealkylation sites (tertiary alicyclic amines) is 1. The Morgan fingerprint density at radius 2 is 1.93 bits per heavy atom. The summed E-state index contributed by atoms with van der Waals surface area (Å²) in [6, 6.07) is 3.32. The molecule has 4 rings (SSSR count). The van der Waals surface area contributed by atoms with Crippen LogP contribution in [-0.4, -0.2) is 58.2 Å². The fraction of sp³-hybridized carbons (Fsp3) is 0.500. The quantitative estimate of drug-likeness (QED) is 0.779. The van der Waals surface area contributed by atoms with Crippen molar-refractivity contribution in [3.05, 3.63) is 36.5 Å². The van der Waals surface area contributed by atoms with Gasteiger partial charge in [0.05, 0.1) is 29.7 Å². The van der Waals surface area contributed by atoms with E-state index in [1.165, 1.54) is 6.20 Å². The third-order valence-corrected chi connectivity index (χ3v) is 6.88. The van der Waals surface area contributed by atoms with E-state index in [0.717, 1.165) is 0 Å². The first-order valence-corrected chi connectivity index (χ1v) is 10.9. The van der Waals surface area contributed by atoms with Gasteiger partial charge in [-0.15, -0.1) is 0 Å². The van der Waals surface area contributed by atoms with Gasteiger partial charge in [-0.25, -0.2) is 18.4 Å². The van der Waals surface area contributed by atoms with E-state index >= 15 is 0 Å². The number of piperidine rings is 1. The van der Waals surface area contributed by atoms with Crippen molar-refractivity contribution < 1.29 is 17.9 Å². The number of nitrogens with one attached hydrogen (secondary N) is 1. The Kier molecular flexibility index (Phi) is 4.96. The molecule has 0 unspecified atom stereocenters. The minimum atomic E-state index is -3.29. The molecule has 28 heavy (non-hydrogen) atoms. The summed E-state index contributed by atoms with van der Waals surface area (Å²) in [6.07, 6.45) is 7.48. The summed E-state index contributed by atoms with van der Waals surface area (Å²) in [6.45, 7) is 1.21. The lowest BCUT2D eigenvalue weighted by Gasteiger charge is -2.31. The van der Waals surface area contributed by atoms with Crippen LogP contribution in [0.2, 0.25) is 0 Å². The zero-order chi connectivity index (χ0) is 19.7. The molecule has 3 heterocycles. The summed E-state index contributed by atoms with van der Waals surface area (Å²) in [5.41, 5.74) is 1.01. The van der Waals surface area contributed by atoms with Crippen LogP contribution in [0.5, 0.6) is 5.88 Å². The van der Waals surface area contributed by atoms with Crippen LogP contribution in [0.25, 0.3) is 0 Å². The molecule has 2 aromatic heterocycles. The topological polar surface area (TPSA) is 106 Å². The highest BCUT2D eigenvalue weighted by molar-refractivity contribution is 7.93. The number of pyridine rings is 1. The van der Waals surface area contributed by atoms with Crippen LogP contribution in [0.1, 0.15) is 36.2 Å². The van der Waals surface area contributed by atoms with Gasteiger partial charge in [0.2, 0.25) is 15.9 Å². The molecule has 2 aliphatic rings. The van der Waals surface area contributed by atoms with Crippen LogP contribution in [0.4, 0.5) is 5.69 Å². The monoisotopic (exact) mass is 405 g/mol. The first-order valence-electron chi connectivity index (χ1n) is 9.32. The third-order valence-electron chi connectivity index (χ3n) is 5.01. The van der Waals surface area contributed by atoms with Crippen molar-refractivity contribution in [2.75, 3.05) is 17.8 Å². The summed E-state index contributed by atoms with van der Waals surface area (Å²) in [5.74, 6) is 0.426. The average Bonchev–Trinajstić information content (AvgIpc) is 3.46. The van der Waals surface area contributed by atoms with Crippen LogP contribution in [0.3, 0.4) is 0 Å². The van der Waals surface area contributed by atoms with Crippen LogP contribution in [-0.2, 0) is 17.1 Å². The number of aromatic nitrogens is 3. The fourth-order valence-corrected chi connectivity index (χ4v) is 4.58. The van der Waals surface area contributed by atoms with E-state index in [1.54, 1.807) is 41.2 Å². The Bertz CT molecular complexity index is 945. The highest BCUT2D eigenvalue weighted by Crippen LogP contribution is 2.29. The molecule has 1 amide bonds. The van der Waals surface area contributed by atoms with E-state index in [-0.39, 0.29) is 17.3 Å². The first-order chi connectivity index (χ1) is 13.4. The molecule has 2 fully saturated rings.